The number of para-hydroxylation sites is 1. The molecule has 0 spiro atoms. The van der Waals surface area contributed by atoms with Gasteiger partial charge < -0.3 is 35.4 Å². The van der Waals surface area contributed by atoms with Gasteiger partial charge in [0.15, 0.2) is 11.6 Å². The number of imide groups is 1. The highest BCUT2D eigenvalue weighted by molar-refractivity contribution is 6.33. The van der Waals surface area contributed by atoms with Gasteiger partial charge in [-0.1, -0.05) is 35.9 Å². The second-order valence-corrected chi connectivity index (χ2v) is 14.7. The van der Waals surface area contributed by atoms with Crippen LogP contribution in [0.5, 0.6) is 5.75 Å². The van der Waals surface area contributed by atoms with Crippen molar-refractivity contribution in [1.82, 2.24) is 25.1 Å². The highest BCUT2D eigenvalue weighted by Crippen LogP contribution is 2.34. The summed E-state index contributed by atoms with van der Waals surface area (Å²) in [6.07, 6.45) is 4.43. The lowest BCUT2D eigenvalue weighted by molar-refractivity contribution is -0.134. The van der Waals surface area contributed by atoms with Crippen LogP contribution in [0.15, 0.2) is 72.9 Å². The summed E-state index contributed by atoms with van der Waals surface area (Å²) in [5.74, 6) is 1.19. The number of rotatable bonds is 13. The topological polar surface area (TPSA) is 161 Å². The zero-order chi connectivity index (χ0) is 39.2. The van der Waals surface area contributed by atoms with Crippen molar-refractivity contribution in [2.75, 3.05) is 73.8 Å². The number of hydrogen-bond acceptors (Lipinski definition) is 12. The van der Waals surface area contributed by atoms with E-state index in [1.54, 1.807) is 25.3 Å². The second kappa shape index (κ2) is 17.4. The summed E-state index contributed by atoms with van der Waals surface area (Å²) < 4.78 is 5.72. The van der Waals surface area contributed by atoms with E-state index in [-0.39, 0.29) is 36.0 Å². The lowest BCUT2D eigenvalue weighted by atomic mass is 9.89. The number of likely N-dealkylation sites (tertiary alicyclic amines) is 1. The Morgan fingerprint density at radius 2 is 1.71 bits per heavy atom. The number of methoxy groups -OCH3 is 1. The highest BCUT2D eigenvalue weighted by atomic mass is 35.5. The van der Waals surface area contributed by atoms with Crippen molar-refractivity contribution in [3.8, 4) is 5.75 Å². The molecule has 4 heterocycles. The molecule has 4 aromatic rings. The monoisotopic (exact) mass is 779 g/mol. The molecule has 292 valence electrons. The SMILES string of the molecule is COc1cc(N2CCN(CCN3CCC(c4ccc(NC5CCC(=O)NC5=O)cc4)CC3)C(=O)C2)ccc1Nc1ncc(Cl)c(Nc2ccccc2C(C)=O)n1. The van der Waals surface area contributed by atoms with Crippen LogP contribution in [0.3, 0.4) is 0 Å². The van der Waals surface area contributed by atoms with Gasteiger partial charge >= 0.3 is 0 Å². The van der Waals surface area contributed by atoms with Crippen molar-refractivity contribution >= 4 is 69.6 Å². The molecular weight excluding hydrogens is 734 g/mol. The van der Waals surface area contributed by atoms with Gasteiger partial charge in [-0.3, -0.25) is 24.5 Å². The van der Waals surface area contributed by atoms with Crippen molar-refractivity contribution in [3.05, 3.63) is 89.1 Å². The Balaban J connectivity index is 0.877. The first-order chi connectivity index (χ1) is 27.1. The van der Waals surface area contributed by atoms with Crippen LogP contribution < -0.4 is 30.9 Å². The molecule has 1 unspecified atom stereocenters. The van der Waals surface area contributed by atoms with Gasteiger partial charge in [0.1, 0.15) is 16.8 Å². The molecule has 0 aliphatic carbocycles. The maximum atomic E-state index is 13.3. The first kappa shape index (κ1) is 38.5. The Morgan fingerprint density at radius 3 is 2.45 bits per heavy atom. The molecule has 3 aromatic carbocycles. The molecule has 0 bridgehead atoms. The number of ether oxygens (including phenoxy) is 1. The average molecular weight is 780 g/mol. The summed E-state index contributed by atoms with van der Waals surface area (Å²) in [6.45, 7) is 6.61. The number of ketones is 1. The Bertz CT molecular complexity index is 2090. The van der Waals surface area contributed by atoms with Gasteiger partial charge in [0.25, 0.3) is 0 Å². The Morgan fingerprint density at radius 1 is 0.929 bits per heavy atom. The molecule has 3 amide bonds. The van der Waals surface area contributed by atoms with Crippen LogP contribution in [0.4, 0.5) is 34.5 Å². The predicted molar refractivity (Wildman–Crippen MR) is 216 cm³/mol. The van der Waals surface area contributed by atoms with Crippen LogP contribution >= 0.6 is 11.6 Å². The fourth-order valence-electron chi connectivity index (χ4n) is 7.44. The van der Waals surface area contributed by atoms with Crippen LogP contribution in [-0.2, 0) is 14.4 Å². The van der Waals surface area contributed by atoms with E-state index in [2.05, 4.69) is 53.2 Å². The zero-order valence-electron chi connectivity index (χ0n) is 31.5. The molecule has 15 heteroatoms. The number of halogens is 1. The minimum absolute atomic E-state index is 0.0818. The maximum Gasteiger partial charge on any atom is 0.249 e. The molecule has 7 rings (SSSR count). The zero-order valence-corrected chi connectivity index (χ0v) is 32.3. The molecule has 3 aliphatic rings. The number of aromatic nitrogens is 2. The van der Waals surface area contributed by atoms with Crippen LogP contribution in [0.1, 0.15) is 54.4 Å². The summed E-state index contributed by atoms with van der Waals surface area (Å²) >= 11 is 6.41. The predicted octanol–water partition coefficient (Wildman–Crippen LogP) is 5.57. The van der Waals surface area contributed by atoms with Crippen LogP contribution in [-0.4, -0.2) is 102 Å². The van der Waals surface area contributed by atoms with Crippen molar-refractivity contribution < 1.29 is 23.9 Å². The van der Waals surface area contributed by atoms with Crippen LogP contribution in [0.2, 0.25) is 5.02 Å². The fourth-order valence-corrected chi connectivity index (χ4v) is 7.58. The number of nitrogens with one attached hydrogen (secondary N) is 4. The fraction of sp³-hybridized carbons (Fsp3) is 0.366. The third-order valence-electron chi connectivity index (χ3n) is 10.7. The Kier molecular flexibility index (Phi) is 12.0. The summed E-state index contributed by atoms with van der Waals surface area (Å²) in [5, 5.41) is 12.3. The molecule has 4 N–H and O–H groups in total. The Labute approximate surface area is 331 Å². The third-order valence-corrected chi connectivity index (χ3v) is 10.9. The van der Waals surface area contributed by atoms with E-state index in [1.807, 2.05) is 41.3 Å². The summed E-state index contributed by atoms with van der Waals surface area (Å²) in [4.78, 5) is 64.3. The molecule has 0 saturated carbocycles. The molecule has 56 heavy (non-hydrogen) atoms. The number of nitrogens with zero attached hydrogens (tertiary/aromatic N) is 5. The van der Waals surface area contributed by atoms with E-state index in [0.29, 0.717) is 71.9 Å². The average Bonchev–Trinajstić information content (AvgIpc) is 3.20. The van der Waals surface area contributed by atoms with E-state index in [0.717, 1.165) is 43.9 Å². The second-order valence-electron chi connectivity index (χ2n) is 14.3. The number of hydrogen-bond donors (Lipinski definition) is 4. The number of benzene rings is 3. The minimum Gasteiger partial charge on any atom is -0.494 e. The standard InChI is InChI=1S/C41H46ClN9O5/c1-26(52)31-5-3-4-6-33(31)45-39-32(42)24-43-41(48-39)46-34-12-11-30(23-36(34)56-2)51-22-21-50(38(54)25-51)20-19-49-17-15-28(16-18-49)27-7-9-29(10-8-27)44-35-13-14-37(53)47-40(35)55/h3-12,23-24,28,35,44H,13-22,25H2,1-2H3,(H,47,53,55)(H2,43,45,46,48). The number of anilines is 6. The summed E-state index contributed by atoms with van der Waals surface area (Å²) in [7, 11) is 1.59. The maximum absolute atomic E-state index is 13.3. The van der Waals surface area contributed by atoms with Crippen molar-refractivity contribution in [1.29, 1.82) is 0 Å². The van der Waals surface area contributed by atoms with Gasteiger partial charge in [0.05, 0.1) is 31.2 Å². The molecule has 3 fully saturated rings. The molecule has 0 radical (unpaired) electrons. The van der Waals surface area contributed by atoms with E-state index in [4.69, 9.17) is 16.3 Å². The summed E-state index contributed by atoms with van der Waals surface area (Å²) in [5.41, 5.74) is 4.80. The number of piperidine rings is 2. The van der Waals surface area contributed by atoms with Gasteiger partial charge in [-0.2, -0.15) is 4.98 Å². The molecule has 1 atom stereocenters. The van der Waals surface area contributed by atoms with Crippen LogP contribution in [0, 0.1) is 0 Å². The Hall–Kier alpha value is -5.73. The molecule has 3 saturated heterocycles. The number of carbonyl (C=O) groups is 4. The number of Topliss-reactive ketones (excluding diaryl/α,β-unsaturated/α-hetero) is 1. The van der Waals surface area contributed by atoms with Crippen LogP contribution in [0.25, 0.3) is 0 Å². The third kappa shape index (κ3) is 9.20. The quantitative estimate of drug-likeness (QED) is 0.0988. The van der Waals surface area contributed by atoms with Gasteiger partial charge in [0, 0.05) is 55.6 Å². The number of piperazine rings is 1. The number of amides is 3. The van der Waals surface area contributed by atoms with E-state index >= 15 is 0 Å². The van der Waals surface area contributed by atoms with Crippen molar-refractivity contribution in [3.63, 3.8) is 0 Å². The van der Waals surface area contributed by atoms with Gasteiger partial charge in [-0.25, -0.2) is 4.98 Å². The molecule has 14 nitrogen and oxygen atoms in total. The highest BCUT2D eigenvalue weighted by Gasteiger charge is 2.28. The normalized spacial score (nSPS) is 18.1. The molecular formula is C41H46ClN9O5. The van der Waals surface area contributed by atoms with E-state index in [1.165, 1.54) is 18.7 Å². The largest absolute Gasteiger partial charge is 0.494 e. The minimum atomic E-state index is -0.392. The van der Waals surface area contributed by atoms with Crippen molar-refractivity contribution in [2.24, 2.45) is 0 Å². The van der Waals surface area contributed by atoms with E-state index in [9.17, 15) is 19.2 Å². The molecule has 1 aromatic heterocycles. The molecule has 3 aliphatic heterocycles. The van der Waals surface area contributed by atoms with Gasteiger partial charge in [-0.05, 0) is 87.2 Å². The smallest absolute Gasteiger partial charge is 0.249 e. The number of carbonyl (C=O) groups excluding carboxylic acids is 4. The van der Waals surface area contributed by atoms with E-state index < -0.39 is 6.04 Å². The first-order valence-electron chi connectivity index (χ1n) is 18.9. The van der Waals surface area contributed by atoms with Gasteiger partial charge in [-0.15, -0.1) is 0 Å². The first-order valence-corrected chi connectivity index (χ1v) is 19.3. The lowest BCUT2D eigenvalue weighted by Crippen LogP contribution is -2.52. The van der Waals surface area contributed by atoms with Crippen molar-refractivity contribution in [2.45, 2.75) is 44.6 Å². The lowest BCUT2D eigenvalue weighted by Gasteiger charge is -2.38. The van der Waals surface area contributed by atoms with Gasteiger partial charge in [0.2, 0.25) is 23.7 Å². The summed E-state index contributed by atoms with van der Waals surface area (Å²) in [6, 6.07) is 20.8.